The van der Waals surface area contributed by atoms with E-state index in [0.29, 0.717) is 44.3 Å². The fourth-order valence-electron chi connectivity index (χ4n) is 3.80. The Kier molecular flexibility index (Phi) is 6.80. The zero-order valence-electron chi connectivity index (χ0n) is 18.8. The number of carbonyl (C=O) groups is 1. The molecule has 0 saturated carbocycles. The smallest absolute Gasteiger partial charge is 0.338 e. The Hall–Kier alpha value is -3.17. The summed E-state index contributed by atoms with van der Waals surface area (Å²) < 4.78 is 18.9. The van der Waals surface area contributed by atoms with E-state index < -0.39 is 12.0 Å². The summed E-state index contributed by atoms with van der Waals surface area (Å²) in [5.74, 6) is 0.492. The van der Waals surface area contributed by atoms with E-state index in [0.717, 1.165) is 4.88 Å². The van der Waals surface area contributed by atoms with E-state index in [1.54, 1.807) is 42.9 Å². The third kappa shape index (κ3) is 4.26. The van der Waals surface area contributed by atoms with Gasteiger partial charge in [0.1, 0.15) is 6.04 Å². The molecule has 7 nitrogen and oxygen atoms in total. The number of fused-ring (bicyclic) bond motifs is 1. The number of thiophene rings is 1. The van der Waals surface area contributed by atoms with Crippen molar-refractivity contribution in [3.8, 4) is 11.5 Å². The Morgan fingerprint density at radius 3 is 2.70 bits per heavy atom. The third-order valence-electron chi connectivity index (χ3n) is 5.15. The minimum Gasteiger partial charge on any atom is -0.493 e. The lowest BCUT2D eigenvalue weighted by molar-refractivity contribution is -0.139. The molecule has 9 heteroatoms. The van der Waals surface area contributed by atoms with Gasteiger partial charge in [0.05, 0.1) is 36.1 Å². The van der Waals surface area contributed by atoms with E-state index in [4.69, 9.17) is 14.2 Å². The Labute approximate surface area is 198 Å². The average Bonchev–Trinajstić information content (AvgIpc) is 3.41. The molecule has 0 spiro atoms. The number of thiazole rings is 1. The molecule has 2 aromatic heterocycles. The molecule has 0 saturated heterocycles. The van der Waals surface area contributed by atoms with Crippen LogP contribution in [0.2, 0.25) is 0 Å². The van der Waals surface area contributed by atoms with Crippen molar-refractivity contribution in [3.63, 3.8) is 0 Å². The number of carbonyl (C=O) groups excluding carboxylic acids is 1. The Balaban J connectivity index is 2.03. The summed E-state index contributed by atoms with van der Waals surface area (Å²) in [5.41, 5.74) is 1.22. The zero-order chi connectivity index (χ0) is 23.5. The summed E-state index contributed by atoms with van der Waals surface area (Å²) in [5, 5.41) is 1.96. The minimum atomic E-state index is -0.762. The second-order valence-corrected chi connectivity index (χ2v) is 9.12. The molecular formula is C24H24N2O5S2. The number of hydrogen-bond donors (Lipinski definition) is 0. The molecule has 172 valence electrons. The van der Waals surface area contributed by atoms with Crippen LogP contribution in [0.4, 0.5) is 0 Å². The van der Waals surface area contributed by atoms with Crippen molar-refractivity contribution in [1.82, 2.24) is 4.57 Å². The van der Waals surface area contributed by atoms with E-state index in [1.807, 2.05) is 42.6 Å². The van der Waals surface area contributed by atoms with Crippen molar-refractivity contribution >= 4 is 34.7 Å². The topological polar surface area (TPSA) is 79.1 Å². The van der Waals surface area contributed by atoms with E-state index >= 15 is 0 Å². The number of methoxy groups -OCH3 is 1. The lowest BCUT2D eigenvalue weighted by Gasteiger charge is -2.26. The van der Waals surface area contributed by atoms with Crippen LogP contribution in [0.25, 0.3) is 6.08 Å². The van der Waals surface area contributed by atoms with Gasteiger partial charge in [-0.25, -0.2) is 9.79 Å². The maximum absolute atomic E-state index is 13.6. The molecule has 1 atom stereocenters. The van der Waals surface area contributed by atoms with Crippen LogP contribution in [0, 0.1) is 0 Å². The molecule has 1 aliphatic heterocycles. The fraction of sp³-hybridized carbons (Fsp3) is 0.292. The van der Waals surface area contributed by atoms with Crippen molar-refractivity contribution in [2.24, 2.45) is 4.99 Å². The Bertz CT molecular complexity index is 1380. The van der Waals surface area contributed by atoms with Gasteiger partial charge in [0, 0.05) is 10.4 Å². The first-order chi connectivity index (χ1) is 16.0. The number of hydrogen-bond acceptors (Lipinski definition) is 8. The molecule has 4 rings (SSSR count). The van der Waals surface area contributed by atoms with Crippen molar-refractivity contribution < 1.29 is 19.0 Å². The van der Waals surface area contributed by atoms with Crippen LogP contribution in [0.15, 0.2) is 56.8 Å². The molecule has 1 aromatic carbocycles. The van der Waals surface area contributed by atoms with Gasteiger partial charge in [-0.2, -0.15) is 0 Å². The summed E-state index contributed by atoms with van der Waals surface area (Å²) >= 11 is 2.84. The van der Waals surface area contributed by atoms with Gasteiger partial charge in [0.2, 0.25) is 0 Å². The number of para-hydroxylation sites is 1. The van der Waals surface area contributed by atoms with Crippen molar-refractivity contribution in [1.29, 1.82) is 0 Å². The molecule has 0 N–H and O–H groups in total. The number of ether oxygens (including phenoxy) is 3. The van der Waals surface area contributed by atoms with E-state index in [1.165, 1.54) is 11.3 Å². The van der Waals surface area contributed by atoms with Crippen molar-refractivity contribution in [3.05, 3.63) is 77.1 Å². The second-order valence-electron chi connectivity index (χ2n) is 7.13. The number of aromatic nitrogens is 1. The summed E-state index contributed by atoms with van der Waals surface area (Å²) in [6.07, 6.45) is 1.85. The van der Waals surface area contributed by atoms with Gasteiger partial charge in [0.25, 0.3) is 5.56 Å². The normalized spacial score (nSPS) is 15.8. The first-order valence-corrected chi connectivity index (χ1v) is 12.2. The van der Waals surface area contributed by atoms with Crippen LogP contribution in [-0.2, 0) is 9.53 Å². The van der Waals surface area contributed by atoms with Crippen LogP contribution in [0.5, 0.6) is 11.5 Å². The van der Waals surface area contributed by atoms with Crippen LogP contribution in [-0.4, -0.2) is 30.9 Å². The summed E-state index contributed by atoms with van der Waals surface area (Å²) in [6, 6.07) is 8.57. The molecule has 0 radical (unpaired) electrons. The Morgan fingerprint density at radius 1 is 1.21 bits per heavy atom. The van der Waals surface area contributed by atoms with Crippen molar-refractivity contribution in [2.45, 2.75) is 26.8 Å². The van der Waals surface area contributed by atoms with Crippen molar-refractivity contribution in [2.75, 3.05) is 20.3 Å². The van der Waals surface area contributed by atoms with Crippen LogP contribution in [0.1, 0.15) is 37.3 Å². The summed E-state index contributed by atoms with van der Waals surface area (Å²) in [6.45, 7) is 5.98. The largest absolute Gasteiger partial charge is 0.493 e. The SMILES string of the molecule is CCOC(=O)C1=C(C)N=c2s/c(=C/c3cccs3)c(=O)n2[C@@H]1c1cccc(OC)c1OCC. The molecular weight excluding hydrogens is 460 g/mol. The summed E-state index contributed by atoms with van der Waals surface area (Å²) in [7, 11) is 1.56. The van der Waals surface area contributed by atoms with Gasteiger partial charge >= 0.3 is 5.97 Å². The minimum absolute atomic E-state index is 0.210. The first kappa shape index (κ1) is 23.0. The number of benzene rings is 1. The second kappa shape index (κ2) is 9.76. The third-order valence-corrected chi connectivity index (χ3v) is 6.95. The molecule has 0 unspecified atom stereocenters. The van der Waals surface area contributed by atoms with Gasteiger partial charge in [0.15, 0.2) is 16.3 Å². The van der Waals surface area contributed by atoms with Crippen LogP contribution >= 0.6 is 22.7 Å². The lowest BCUT2D eigenvalue weighted by atomic mass is 9.94. The lowest BCUT2D eigenvalue weighted by Crippen LogP contribution is -2.40. The molecule has 0 amide bonds. The number of nitrogens with zero attached hydrogens (tertiary/aromatic N) is 2. The number of allylic oxidation sites excluding steroid dienone is 1. The highest BCUT2D eigenvalue weighted by molar-refractivity contribution is 7.11. The molecule has 0 fully saturated rings. The molecule has 1 aliphatic rings. The zero-order valence-corrected chi connectivity index (χ0v) is 20.4. The molecule has 3 aromatic rings. The van der Waals surface area contributed by atoms with Gasteiger partial charge in [-0.15, -0.1) is 11.3 Å². The predicted molar refractivity (Wildman–Crippen MR) is 129 cm³/mol. The highest BCUT2D eigenvalue weighted by Crippen LogP contribution is 2.40. The Morgan fingerprint density at radius 2 is 2.03 bits per heavy atom. The van der Waals surface area contributed by atoms with Gasteiger partial charge in [-0.05, 0) is 44.4 Å². The van der Waals surface area contributed by atoms with Crippen LogP contribution < -0.4 is 24.4 Å². The molecule has 0 bridgehead atoms. The van der Waals surface area contributed by atoms with Gasteiger partial charge < -0.3 is 14.2 Å². The maximum atomic E-state index is 13.6. The van der Waals surface area contributed by atoms with Gasteiger partial charge in [-0.1, -0.05) is 29.5 Å². The van der Waals surface area contributed by atoms with E-state index in [-0.39, 0.29) is 12.2 Å². The van der Waals surface area contributed by atoms with E-state index in [2.05, 4.69) is 4.99 Å². The predicted octanol–water partition coefficient (Wildman–Crippen LogP) is 3.27. The monoisotopic (exact) mass is 484 g/mol. The quantitative estimate of drug-likeness (QED) is 0.481. The number of rotatable bonds is 7. The average molecular weight is 485 g/mol. The fourth-order valence-corrected chi connectivity index (χ4v) is 5.57. The number of esters is 1. The highest BCUT2D eigenvalue weighted by atomic mass is 32.1. The van der Waals surface area contributed by atoms with E-state index in [9.17, 15) is 9.59 Å². The standard InChI is InChI=1S/C24H24N2O5S2/c1-5-30-21-16(10-7-11-17(21)29-4)20-19(23(28)31-6-2)14(3)25-24-26(20)22(27)18(33-24)13-15-9-8-12-32-15/h7-13,20H,5-6H2,1-4H3/b18-13+/t20-/m1/s1. The van der Waals surface area contributed by atoms with Gasteiger partial charge in [-0.3, -0.25) is 9.36 Å². The summed E-state index contributed by atoms with van der Waals surface area (Å²) in [4.78, 5) is 32.8. The molecule has 33 heavy (non-hydrogen) atoms. The molecule has 3 heterocycles. The maximum Gasteiger partial charge on any atom is 0.338 e. The first-order valence-electron chi connectivity index (χ1n) is 10.5. The molecule has 0 aliphatic carbocycles. The van der Waals surface area contributed by atoms with Crippen LogP contribution in [0.3, 0.4) is 0 Å². The highest BCUT2D eigenvalue weighted by Gasteiger charge is 2.35.